The lowest BCUT2D eigenvalue weighted by molar-refractivity contribution is 0.285. The van der Waals surface area contributed by atoms with E-state index in [4.69, 9.17) is 4.98 Å². The minimum atomic E-state index is 0.129. The van der Waals surface area contributed by atoms with Gasteiger partial charge >= 0.3 is 0 Å². The Morgan fingerprint density at radius 1 is 1.21 bits per heavy atom. The van der Waals surface area contributed by atoms with Crippen molar-refractivity contribution < 1.29 is 0 Å². The highest BCUT2D eigenvalue weighted by atomic mass is 15.2. The minimum Gasteiger partial charge on any atom is -0.365 e. The first-order valence-corrected chi connectivity index (χ1v) is 9.85. The van der Waals surface area contributed by atoms with Gasteiger partial charge < -0.3 is 9.88 Å². The molecule has 0 spiro atoms. The number of hydrogen-bond acceptors (Lipinski definition) is 6. The van der Waals surface area contributed by atoms with Crippen molar-refractivity contribution in [2.45, 2.75) is 52.0 Å². The number of anilines is 1. The summed E-state index contributed by atoms with van der Waals surface area (Å²) in [5.41, 5.74) is 3.32. The van der Waals surface area contributed by atoms with E-state index >= 15 is 0 Å². The van der Waals surface area contributed by atoms with E-state index in [1.807, 2.05) is 23.9 Å². The van der Waals surface area contributed by atoms with E-state index in [-0.39, 0.29) is 5.82 Å². The van der Waals surface area contributed by atoms with Crippen molar-refractivity contribution in [3.63, 3.8) is 0 Å². The first kappa shape index (κ1) is 18.4. The van der Waals surface area contributed by atoms with Crippen LogP contribution in [0, 0.1) is 17.2 Å². The van der Waals surface area contributed by atoms with Gasteiger partial charge in [0.2, 0.25) is 5.82 Å². The van der Waals surface area contributed by atoms with Crippen LogP contribution >= 0.6 is 0 Å². The average Bonchev–Trinajstić information content (AvgIpc) is 2.97. The van der Waals surface area contributed by atoms with Crippen LogP contribution in [0.2, 0.25) is 0 Å². The summed E-state index contributed by atoms with van der Waals surface area (Å²) < 4.78 is 1.97. The molecule has 0 bridgehead atoms. The molecule has 7 heteroatoms. The lowest BCUT2D eigenvalue weighted by Crippen LogP contribution is -2.31. The van der Waals surface area contributed by atoms with Gasteiger partial charge in [-0.1, -0.05) is 20.3 Å². The smallest absolute Gasteiger partial charge is 0.236 e. The van der Waals surface area contributed by atoms with Gasteiger partial charge in [-0.15, -0.1) is 0 Å². The van der Waals surface area contributed by atoms with Gasteiger partial charge in [-0.2, -0.15) is 15.2 Å². The van der Waals surface area contributed by atoms with Crippen LogP contribution in [0.3, 0.4) is 0 Å². The van der Waals surface area contributed by atoms with Gasteiger partial charge in [0.1, 0.15) is 17.3 Å². The lowest BCUT2D eigenvalue weighted by Gasteiger charge is -2.32. The van der Waals surface area contributed by atoms with Crippen LogP contribution in [-0.2, 0) is 7.05 Å². The van der Waals surface area contributed by atoms with Crippen LogP contribution in [0.5, 0.6) is 0 Å². The summed E-state index contributed by atoms with van der Waals surface area (Å²) in [6.45, 7) is 6.49. The third kappa shape index (κ3) is 3.19. The molecule has 0 amide bonds. The Hall–Kier alpha value is -3.01. The fraction of sp³-hybridized carbons (Fsp3) is 0.476. The van der Waals surface area contributed by atoms with Crippen molar-refractivity contribution in [3.8, 4) is 17.6 Å². The highest BCUT2D eigenvalue weighted by molar-refractivity contribution is 5.87. The van der Waals surface area contributed by atoms with Crippen LogP contribution in [0.15, 0.2) is 18.3 Å². The van der Waals surface area contributed by atoms with Crippen molar-refractivity contribution in [3.05, 3.63) is 29.7 Å². The largest absolute Gasteiger partial charge is 0.365 e. The van der Waals surface area contributed by atoms with Gasteiger partial charge in [0.15, 0.2) is 17.3 Å². The highest BCUT2D eigenvalue weighted by Gasteiger charge is 2.26. The van der Waals surface area contributed by atoms with E-state index in [0.29, 0.717) is 29.3 Å². The van der Waals surface area contributed by atoms with E-state index < -0.39 is 0 Å². The lowest BCUT2D eigenvalue weighted by atomic mass is 9.80. The number of nitrogens with one attached hydrogen (secondary N) is 1. The van der Waals surface area contributed by atoms with Crippen LogP contribution in [0.1, 0.15) is 57.3 Å². The molecule has 3 aromatic rings. The molecule has 1 unspecified atom stereocenters. The first-order valence-electron chi connectivity index (χ1n) is 9.85. The van der Waals surface area contributed by atoms with E-state index in [2.05, 4.69) is 53.2 Å². The molecule has 1 aliphatic carbocycles. The number of aromatic nitrogens is 5. The zero-order valence-electron chi connectivity index (χ0n) is 16.8. The molecule has 1 fully saturated rings. The van der Waals surface area contributed by atoms with Gasteiger partial charge in [0, 0.05) is 19.3 Å². The summed E-state index contributed by atoms with van der Waals surface area (Å²) in [5, 5.41) is 12.9. The second-order valence-corrected chi connectivity index (χ2v) is 7.93. The van der Waals surface area contributed by atoms with Crippen LogP contribution in [0.4, 0.5) is 5.82 Å². The van der Waals surface area contributed by atoms with Crippen LogP contribution in [0.25, 0.3) is 22.7 Å². The summed E-state index contributed by atoms with van der Waals surface area (Å²) in [7, 11) is 1.95. The molecule has 1 N–H and O–H groups in total. The second-order valence-electron chi connectivity index (χ2n) is 7.93. The fourth-order valence-corrected chi connectivity index (χ4v) is 3.69. The summed E-state index contributed by atoms with van der Waals surface area (Å²) in [6.07, 6.45) is 5.56. The molecule has 1 atom stereocenters. The number of nitriles is 1. The maximum atomic E-state index is 9.36. The Morgan fingerprint density at radius 3 is 2.64 bits per heavy atom. The topological polar surface area (TPSA) is 92.3 Å². The molecule has 0 aliphatic heterocycles. The van der Waals surface area contributed by atoms with Crippen molar-refractivity contribution in [2.75, 3.05) is 5.32 Å². The Labute approximate surface area is 164 Å². The van der Waals surface area contributed by atoms with Gasteiger partial charge in [-0.25, -0.2) is 4.98 Å². The number of pyridine rings is 1. The van der Waals surface area contributed by atoms with E-state index in [1.54, 1.807) is 0 Å². The van der Waals surface area contributed by atoms with Crippen molar-refractivity contribution in [2.24, 2.45) is 13.0 Å². The minimum absolute atomic E-state index is 0.129. The summed E-state index contributed by atoms with van der Waals surface area (Å²) in [4.78, 5) is 18.0. The summed E-state index contributed by atoms with van der Waals surface area (Å²) in [6, 6.07) is 6.44. The molecule has 144 valence electrons. The Morgan fingerprint density at radius 2 is 2.00 bits per heavy atom. The third-order valence-electron chi connectivity index (χ3n) is 5.73. The van der Waals surface area contributed by atoms with Crippen molar-refractivity contribution in [1.82, 2.24) is 24.5 Å². The molecule has 0 saturated heterocycles. The highest BCUT2D eigenvalue weighted by Crippen LogP contribution is 2.33. The molecule has 4 rings (SSSR count). The van der Waals surface area contributed by atoms with E-state index in [0.717, 1.165) is 17.0 Å². The maximum absolute atomic E-state index is 9.36. The van der Waals surface area contributed by atoms with Crippen LogP contribution < -0.4 is 5.32 Å². The number of hydrogen-bond donors (Lipinski definition) is 1. The monoisotopic (exact) mass is 375 g/mol. The van der Waals surface area contributed by atoms with E-state index in [1.165, 1.54) is 24.8 Å². The van der Waals surface area contributed by atoms with Gasteiger partial charge in [0.25, 0.3) is 0 Å². The Bertz CT molecular complexity index is 1060. The number of imidazole rings is 1. The quantitative estimate of drug-likeness (QED) is 0.724. The van der Waals surface area contributed by atoms with Gasteiger partial charge in [-0.3, -0.25) is 4.98 Å². The third-order valence-corrected chi connectivity index (χ3v) is 5.73. The molecule has 1 saturated carbocycles. The zero-order chi connectivity index (χ0) is 19.8. The maximum Gasteiger partial charge on any atom is 0.236 e. The second kappa shape index (κ2) is 7.19. The standard InChI is InChI=1S/C21H25N7/c1-12(2)15-8-9-23-16(10-15)21-27-20-18(28(21)4)19(25-17(11-22)26-20)24-13(3)14-6-5-7-14/h8-10,12-14H,5-7H2,1-4H3,(H,24,25,26). The SMILES string of the molecule is CC(C)c1ccnc(-c2nc3nc(C#N)nc(NC(C)C4CCC4)c3n2C)c1. The fourth-order valence-electron chi connectivity index (χ4n) is 3.69. The Balaban J connectivity index is 1.82. The normalized spacial score (nSPS) is 15.4. The number of rotatable bonds is 5. The number of aryl methyl sites for hydroxylation is 1. The van der Waals surface area contributed by atoms with Gasteiger partial charge in [-0.05, 0) is 49.3 Å². The van der Waals surface area contributed by atoms with Crippen molar-refractivity contribution >= 4 is 17.0 Å². The predicted molar refractivity (Wildman–Crippen MR) is 109 cm³/mol. The number of fused-ring (bicyclic) bond motifs is 1. The summed E-state index contributed by atoms with van der Waals surface area (Å²) >= 11 is 0. The average molecular weight is 375 g/mol. The first-order chi connectivity index (χ1) is 13.5. The molecule has 7 nitrogen and oxygen atoms in total. The summed E-state index contributed by atoms with van der Waals surface area (Å²) in [5.74, 6) is 2.57. The molecule has 3 aromatic heterocycles. The molecule has 3 heterocycles. The molecule has 0 aromatic carbocycles. The predicted octanol–water partition coefficient (Wildman–Crippen LogP) is 4.02. The molecule has 28 heavy (non-hydrogen) atoms. The van der Waals surface area contributed by atoms with Crippen molar-refractivity contribution in [1.29, 1.82) is 5.26 Å². The van der Waals surface area contributed by atoms with Crippen LogP contribution in [-0.4, -0.2) is 30.5 Å². The zero-order valence-corrected chi connectivity index (χ0v) is 16.8. The van der Waals surface area contributed by atoms with E-state index in [9.17, 15) is 5.26 Å². The molecule has 1 aliphatic rings. The molecular weight excluding hydrogens is 350 g/mol. The molecular formula is C21H25N7. The Kier molecular flexibility index (Phi) is 4.71. The molecule has 0 radical (unpaired) electrons. The van der Waals surface area contributed by atoms with Gasteiger partial charge in [0.05, 0.1) is 0 Å². The number of nitrogens with zero attached hydrogens (tertiary/aromatic N) is 6.